The summed E-state index contributed by atoms with van der Waals surface area (Å²) < 4.78 is 31.8. The number of nitrogens with zero attached hydrogens (tertiary/aromatic N) is 2. The molecular formula is C21H25N3O4S. The van der Waals surface area contributed by atoms with Crippen molar-refractivity contribution in [1.82, 2.24) is 9.62 Å². The number of likely N-dealkylation sites (N-methyl/N-ethyl adjacent to an activating group) is 1. The highest BCUT2D eigenvalue weighted by atomic mass is 32.2. The highest BCUT2D eigenvalue weighted by Gasteiger charge is 2.23. The van der Waals surface area contributed by atoms with Gasteiger partial charge >= 0.3 is 0 Å². The molecule has 29 heavy (non-hydrogen) atoms. The van der Waals surface area contributed by atoms with Crippen LogP contribution in [-0.4, -0.2) is 38.3 Å². The van der Waals surface area contributed by atoms with Crippen LogP contribution in [0, 0.1) is 11.3 Å². The Labute approximate surface area is 172 Å². The van der Waals surface area contributed by atoms with Gasteiger partial charge in [-0.1, -0.05) is 12.1 Å². The van der Waals surface area contributed by atoms with Gasteiger partial charge in [0.05, 0.1) is 35.2 Å². The number of ether oxygens (including phenoxy) is 1. The first-order valence-electron chi connectivity index (χ1n) is 9.16. The molecule has 0 radical (unpaired) electrons. The Morgan fingerprint density at radius 3 is 2.21 bits per heavy atom. The molecule has 2 aromatic rings. The summed E-state index contributed by atoms with van der Waals surface area (Å²) in [5, 5.41) is 11.6. The van der Waals surface area contributed by atoms with Crippen LogP contribution in [0.2, 0.25) is 0 Å². The second-order valence-electron chi connectivity index (χ2n) is 6.92. The average molecular weight is 416 g/mol. The van der Waals surface area contributed by atoms with Crippen molar-refractivity contribution in [3.05, 3.63) is 59.7 Å². The number of nitriles is 1. The van der Waals surface area contributed by atoms with E-state index in [0.29, 0.717) is 5.56 Å². The van der Waals surface area contributed by atoms with Crippen molar-refractivity contribution in [3.8, 4) is 11.8 Å². The van der Waals surface area contributed by atoms with Crippen LogP contribution in [0.25, 0.3) is 0 Å². The number of hydrogen-bond acceptors (Lipinski definition) is 5. The number of rotatable bonds is 8. The van der Waals surface area contributed by atoms with E-state index in [1.807, 2.05) is 51.1 Å². The molecule has 0 aliphatic rings. The summed E-state index contributed by atoms with van der Waals surface area (Å²) in [5.41, 5.74) is 1.25. The van der Waals surface area contributed by atoms with Crippen LogP contribution in [-0.2, 0) is 14.8 Å². The molecule has 2 rings (SSSR count). The SMILES string of the molecule is CC(C)Oc1ccc(C(C)NC(=O)CN(C)S(=O)(=O)c2ccc(C#N)cc2)cc1. The van der Waals surface area contributed by atoms with E-state index < -0.39 is 15.9 Å². The zero-order valence-electron chi connectivity index (χ0n) is 16.9. The summed E-state index contributed by atoms with van der Waals surface area (Å²) in [7, 11) is -2.49. The highest BCUT2D eigenvalue weighted by molar-refractivity contribution is 7.89. The van der Waals surface area contributed by atoms with E-state index in [1.54, 1.807) is 0 Å². The van der Waals surface area contributed by atoms with Crippen molar-refractivity contribution < 1.29 is 17.9 Å². The lowest BCUT2D eigenvalue weighted by atomic mass is 10.1. The number of sulfonamides is 1. The van der Waals surface area contributed by atoms with Gasteiger partial charge in [0.2, 0.25) is 15.9 Å². The lowest BCUT2D eigenvalue weighted by Gasteiger charge is -2.20. The summed E-state index contributed by atoms with van der Waals surface area (Å²) in [6.07, 6.45) is 0.0755. The summed E-state index contributed by atoms with van der Waals surface area (Å²) in [4.78, 5) is 12.4. The van der Waals surface area contributed by atoms with Gasteiger partial charge in [-0.15, -0.1) is 0 Å². The molecule has 0 spiro atoms. The fourth-order valence-corrected chi connectivity index (χ4v) is 3.77. The van der Waals surface area contributed by atoms with Crippen LogP contribution in [0.5, 0.6) is 5.75 Å². The molecule has 0 aliphatic heterocycles. The quantitative estimate of drug-likeness (QED) is 0.715. The van der Waals surface area contributed by atoms with Crippen molar-refractivity contribution in [2.45, 2.75) is 37.8 Å². The lowest BCUT2D eigenvalue weighted by molar-refractivity contribution is -0.121. The predicted octanol–water partition coefficient (Wildman–Crippen LogP) is 2.84. The number of carbonyl (C=O) groups is 1. The molecule has 7 nitrogen and oxygen atoms in total. The standard InChI is InChI=1S/C21H25N3O4S/c1-15(2)28-19-9-7-18(8-10-19)16(3)23-21(25)14-24(4)29(26,27)20-11-5-17(13-22)6-12-20/h5-12,15-16H,14H2,1-4H3,(H,23,25). The van der Waals surface area contributed by atoms with E-state index in [4.69, 9.17) is 10.00 Å². The Balaban J connectivity index is 1.98. The van der Waals surface area contributed by atoms with Crippen LogP contribution in [0.1, 0.15) is 37.9 Å². The smallest absolute Gasteiger partial charge is 0.243 e. The Kier molecular flexibility index (Phi) is 7.37. The van der Waals surface area contributed by atoms with Crippen molar-refractivity contribution in [2.24, 2.45) is 0 Å². The zero-order valence-corrected chi connectivity index (χ0v) is 17.7. The molecule has 0 saturated carbocycles. The highest BCUT2D eigenvalue weighted by Crippen LogP contribution is 2.19. The number of amides is 1. The van der Waals surface area contributed by atoms with Gasteiger partial charge in [0.1, 0.15) is 5.75 Å². The van der Waals surface area contributed by atoms with E-state index in [1.165, 1.54) is 31.3 Å². The third-order valence-corrected chi connectivity index (χ3v) is 6.00. The maximum atomic E-state index is 12.6. The topological polar surface area (TPSA) is 99.5 Å². The molecule has 1 N–H and O–H groups in total. The first-order valence-corrected chi connectivity index (χ1v) is 10.6. The largest absolute Gasteiger partial charge is 0.491 e. The molecule has 0 heterocycles. The molecule has 0 aromatic heterocycles. The van der Waals surface area contributed by atoms with Gasteiger partial charge < -0.3 is 10.1 Å². The fraction of sp³-hybridized carbons (Fsp3) is 0.333. The van der Waals surface area contributed by atoms with E-state index in [9.17, 15) is 13.2 Å². The van der Waals surface area contributed by atoms with Gasteiger partial charge in [-0.2, -0.15) is 9.57 Å². The Morgan fingerprint density at radius 1 is 1.10 bits per heavy atom. The number of benzene rings is 2. The maximum absolute atomic E-state index is 12.6. The van der Waals surface area contributed by atoms with Gasteiger partial charge in [-0.3, -0.25) is 4.79 Å². The molecule has 0 bridgehead atoms. The molecule has 1 unspecified atom stereocenters. The monoisotopic (exact) mass is 415 g/mol. The van der Waals surface area contributed by atoms with Crippen molar-refractivity contribution >= 4 is 15.9 Å². The molecule has 1 atom stereocenters. The van der Waals surface area contributed by atoms with E-state index in [0.717, 1.165) is 15.6 Å². The second-order valence-corrected chi connectivity index (χ2v) is 8.97. The van der Waals surface area contributed by atoms with Crippen LogP contribution < -0.4 is 10.1 Å². The molecule has 0 fully saturated rings. The molecule has 2 aromatic carbocycles. The average Bonchev–Trinajstić information content (AvgIpc) is 2.67. The Morgan fingerprint density at radius 2 is 1.69 bits per heavy atom. The Bertz CT molecular complexity index is 978. The van der Waals surface area contributed by atoms with E-state index in [2.05, 4.69) is 5.32 Å². The molecule has 154 valence electrons. The first-order chi connectivity index (χ1) is 13.6. The molecule has 0 aliphatic carbocycles. The summed E-state index contributed by atoms with van der Waals surface area (Å²) in [5.74, 6) is 0.329. The van der Waals surface area contributed by atoms with E-state index >= 15 is 0 Å². The van der Waals surface area contributed by atoms with Crippen LogP contribution in [0.15, 0.2) is 53.4 Å². The number of hydrogen-bond donors (Lipinski definition) is 1. The minimum Gasteiger partial charge on any atom is -0.491 e. The van der Waals surface area contributed by atoms with E-state index in [-0.39, 0.29) is 23.6 Å². The molecular weight excluding hydrogens is 390 g/mol. The van der Waals surface area contributed by atoms with Gasteiger partial charge in [-0.25, -0.2) is 8.42 Å². The van der Waals surface area contributed by atoms with Crippen molar-refractivity contribution in [1.29, 1.82) is 5.26 Å². The van der Waals surface area contributed by atoms with Crippen LogP contribution in [0.3, 0.4) is 0 Å². The number of carbonyl (C=O) groups excluding carboxylic acids is 1. The fourth-order valence-electron chi connectivity index (χ4n) is 2.65. The molecule has 8 heteroatoms. The zero-order chi connectivity index (χ0) is 21.6. The van der Waals surface area contributed by atoms with Crippen molar-refractivity contribution in [2.75, 3.05) is 13.6 Å². The first kappa shape index (κ1) is 22.4. The van der Waals surface area contributed by atoms with Gasteiger partial charge in [0, 0.05) is 7.05 Å². The summed E-state index contributed by atoms with van der Waals surface area (Å²) in [6.45, 7) is 5.39. The van der Waals surface area contributed by atoms with Gasteiger partial charge in [0.25, 0.3) is 0 Å². The molecule has 1 amide bonds. The molecule has 0 saturated heterocycles. The maximum Gasteiger partial charge on any atom is 0.243 e. The van der Waals surface area contributed by atoms with Gasteiger partial charge in [0.15, 0.2) is 0 Å². The Hall–Kier alpha value is -2.89. The second kappa shape index (κ2) is 9.54. The number of nitrogens with one attached hydrogen (secondary N) is 1. The predicted molar refractivity (Wildman–Crippen MR) is 110 cm³/mol. The minimum atomic E-state index is -3.83. The van der Waals surface area contributed by atoms with Crippen LogP contribution >= 0.6 is 0 Å². The minimum absolute atomic E-state index is 0.0283. The normalized spacial score (nSPS) is 12.4. The third-order valence-electron chi connectivity index (χ3n) is 4.19. The summed E-state index contributed by atoms with van der Waals surface area (Å²) in [6, 6.07) is 14.6. The van der Waals surface area contributed by atoms with Crippen molar-refractivity contribution in [3.63, 3.8) is 0 Å². The third kappa shape index (κ3) is 6.04. The summed E-state index contributed by atoms with van der Waals surface area (Å²) >= 11 is 0. The van der Waals surface area contributed by atoms with Gasteiger partial charge in [-0.05, 0) is 62.7 Å². The lowest BCUT2D eigenvalue weighted by Crippen LogP contribution is -2.39. The van der Waals surface area contributed by atoms with Crippen LogP contribution in [0.4, 0.5) is 0 Å².